The summed E-state index contributed by atoms with van der Waals surface area (Å²) in [6, 6.07) is 0. The number of rotatable bonds is 4. The van der Waals surface area contributed by atoms with Gasteiger partial charge in [-0.15, -0.1) is 0 Å². The smallest absolute Gasteiger partial charge is 0.0830 e. The predicted molar refractivity (Wildman–Crippen MR) is 43.6 cm³/mol. The number of thioether (sulfide) groups is 1. The van der Waals surface area contributed by atoms with E-state index in [2.05, 4.69) is 6.26 Å². The van der Waals surface area contributed by atoms with E-state index in [-0.39, 0.29) is 0 Å². The molecular formula is C7H14O2S. The fourth-order valence-electron chi connectivity index (χ4n) is 0.942. The van der Waals surface area contributed by atoms with Gasteiger partial charge in [-0.2, -0.15) is 11.8 Å². The van der Waals surface area contributed by atoms with Crippen molar-refractivity contribution in [3.63, 3.8) is 0 Å². The van der Waals surface area contributed by atoms with Crippen molar-refractivity contribution in [2.75, 3.05) is 31.8 Å². The van der Waals surface area contributed by atoms with Gasteiger partial charge in [0.1, 0.15) is 0 Å². The summed E-state index contributed by atoms with van der Waals surface area (Å²) in [4.78, 5) is 0. The van der Waals surface area contributed by atoms with Gasteiger partial charge in [0.2, 0.25) is 0 Å². The van der Waals surface area contributed by atoms with Crippen LogP contribution in [0.25, 0.3) is 0 Å². The standard InChI is InChI=1S/C7H14O2S/c1-10-5-4-9-7-2-3-8-6-7/h7H,2-6H2,1H3. The second-order valence-corrected chi connectivity index (χ2v) is 3.33. The highest BCUT2D eigenvalue weighted by atomic mass is 32.2. The molecule has 1 atom stereocenters. The summed E-state index contributed by atoms with van der Waals surface area (Å²) < 4.78 is 10.7. The Kier molecular flexibility index (Phi) is 4.18. The third-order valence-electron chi connectivity index (χ3n) is 1.53. The van der Waals surface area contributed by atoms with Gasteiger partial charge in [0.25, 0.3) is 0 Å². The Morgan fingerprint density at radius 2 is 2.60 bits per heavy atom. The maximum absolute atomic E-state index is 5.50. The highest BCUT2D eigenvalue weighted by molar-refractivity contribution is 7.98. The van der Waals surface area contributed by atoms with Crippen LogP contribution >= 0.6 is 11.8 Å². The topological polar surface area (TPSA) is 18.5 Å². The number of hydrogen-bond donors (Lipinski definition) is 0. The molecule has 0 aromatic carbocycles. The normalized spacial score (nSPS) is 25.5. The summed E-state index contributed by atoms with van der Waals surface area (Å²) in [5, 5.41) is 0. The van der Waals surface area contributed by atoms with E-state index in [1.54, 1.807) is 0 Å². The molecule has 10 heavy (non-hydrogen) atoms. The van der Waals surface area contributed by atoms with Crippen molar-refractivity contribution in [1.82, 2.24) is 0 Å². The van der Waals surface area contributed by atoms with E-state index in [1.807, 2.05) is 11.8 Å². The Balaban J connectivity index is 1.91. The third kappa shape index (κ3) is 2.90. The van der Waals surface area contributed by atoms with Gasteiger partial charge in [0, 0.05) is 12.4 Å². The zero-order valence-electron chi connectivity index (χ0n) is 6.34. The second-order valence-electron chi connectivity index (χ2n) is 2.35. The maximum Gasteiger partial charge on any atom is 0.0830 e. The molecule has 60 valence electrons. The van der Waals surface area contributed by atoms with E-state index in [4.69, 9.17) is 9.47 Å². The molecule has 0 aromatic heterocycles. The largest absolute Gasteiger partial charge is 0.379 e. The molecule has 1 rings (SSSR count). The summed E-state index contributed by atoms with van der Waals surface area (Å²) >= 11 is 1.82. The lowest BCUT2D eigenvalue weighted by atomic mass is 10.3. The zero-order valence-corrected chi connectivity index (χ0v) is 7.15. The molecule has 0 aromatic rings. The van der Waals surface area contributed by atoms with Crippen molar-refractivity contribution < 1.29 is 9.47 Å². The van der Waals surface area contributed by atoms with E-state index in [0.29, 0.717) is 6.10 Å². The molecule has 0 radical (unpaired) electrons. The van der Waals surface area contributed by atoms with Gasteiger partial charge >= 0.3 is 0 Å². The van der Waals surface area contributed by atoms with Gasteiger partial charge in [-0.25, -0.2) is 0 Å². The predicted octanol–water partition coefficient (Wildman–Crippen LogP) is 1.15. The van der Waals surface area contributed by atoms with Gasteiger partial charge < -0.3 is 9.47 Å². The lowest BCUT2D eigenvalue weighted by Gasteiger charge is -2.07. The summed E-state index contributed by atoms with van der Waals surface area (Å²) in [5.41, 5.74) is 0. The summed E-state index contributed by atoms with van der Waals surface area (Å²) in [7, 11) is 0. The molecule has 0 amide bonds. The van der Waals surface area contributed by atoms with E-state index in [1.165, 1.54) is 0 Å². The first-order chi connectivity index (χ1) is 4.93. The molecule has 1 fully saturated rings. The van der Waals surface area contributed by atoms with Crippen LogP contribution in [0.3, 0.4) is 0 Å². The van der Waals surface area contributed by atoms with Crippen molar-refractivity contribution in [2.45, 2.75) is 12.5 Å². The molecule has 2 nitrogen and oxygen atoms in total. The Morgan fingerprint density at radius 3 is 3.20 bits per heavy atom. The SMILES string of the molecule is CSCCOC1CCOC1. The van der Waals surface area contributed by atoms with E-state index < -0.39 is 0 Å². The Morgan fingerprint density at radius 1 is 1.70 bits per heavy atom. The Labute approximate surface area is 66.3 Å². The van der Waals surface area contributed by atoms with Crippen LogP contribution < -0.4 is 0 Å². The second kappa shape index (κ2) is 4.99. The minimum atomic E-state index is 0.382. The fourth-order valence-corrected chi connectivity index (χ4v) is 1.21. The van der Waals surface area contributed by atoms with Crippen molar-refractivity contribution >= 4 is 11.8 Å². The van der Waals surface area contributed by atoms with Crippen LogP contribution in [-0.2, 0) is 9.47 Å². The highest BCUT2D eigenvalue weighted by Crippen LogP contribution is 2.08. The highest BCUT2D eigenvalue weighted by Gasteiger charge is 2.14. The average molecular weight is 162 g/mol. The number of hydrogen-bond acceptors (Lipinski definition) is 3. The maximum atomic E-state index is 5.50. The zero-order chi connectivity index (χ0) is 7.23. The molecule has 1 saturated heterocycles. The molecular weight excluding hydrogens is 148 g/mol. The summed E-state index contributed by atoms with van der Waals surface area (Å²) in [5.74, 6) is 1.09. The van der Waals surface area contributed by atoms with Crippen LogP contribution in [0.5, 0.6) is 0 Å². The van der Waals surface area contributed by atoms with E-state index >= 15 is 0 Å². The van der Waals surface area contributed by atoms with Crippen LogP contribution in [0.4, 0.5) is 0 Å². The van der Waals surface area contributed by atoms with Crippen molar-refractivity contribution in [2.24, 2.45) is 0 Å². The van der Waals surface area contributed by atoms with Crippen LogP contribution in [0.2, 0.25) is 0 Å². The van der Waals surface area contributed by atoms with E-state index in [9.17, 15) is 0 Å². The van der Waals surface area contributed by atoms with Gasteiger partial charge in [-0.1, -0.05) is 0 Å². The molecule has 0 N–H and O–H groups in total. The van der Waals surface area contributed by atoms with Gasteiger partial charge in [-0.3, -0.25) is 0 Å². The van der Waals surface area contributed by atoms with Crippen LogP contribution in [-0.4, -0.2) is 37.9 Å². The Bertz CT molecular complexity index is 81.7. The molecule has 3 heteroatoms. The molecule has 1 unspecified atom stereocenters. The van der Waals surface area contributed by atoms with Gasteiger partial charge in [-0.05, 0) is 12.7 Å². The van der Waals surface area contributed by atoms with Gasteiger partial charge in [0.05, 0.1) is 19.3 Å². The molecule has 0 bridgehead atoms. The van der Waals surface area contributed by atoms with Crippen molar-refractivity contribution in [3.05, 3.63) is 0 Å². The Hall–Kier alpha value is 0.270. The van der Waals surface area contributed by atoms with Crippen molar-refractivity contribution in [1.29, 1.82) is 0 Å². The average Bonchev–Trinajstić information content (AvgIpc) is 2.41. The van der Waals surface area contributed by atoms with Crippen LogP contribution in [0.1, 0.15) is 6.42 Å². The van der Waals surface area contributed by atoms with Crippen molar-refractivity contribution in [3.8, 4) is 0 Å². The molecule has 0 saturated carbocycles. The summed E-state index contributed by atoms with van der Waals surface area (Å²) in [6.45, 7) is 2.55. The first kappa shape index (κ1) is 8.37. The van der Waals surface area contributed by atoms with E-state index in [0.717, 1.165) is 32.0 Å². The molecule has 1 heterocycles. The minimum Gasteiger partial charge on any atom is -0.379 e. The third-order valence-corrected chi connectivity index (χ3v) is 2.10. The molecule has 1 aliphatic rings. The lowest BCUT2D eigenvalue weighted by Crippen LogP contribution is -2.13. The van der Waals surface area contributed by atoms with Gasteiger partial charge in [0.15, 0.2) is 0 Å². The first-order valence-electron chi connectivity index (χ1n) is 3.62. The summed E-state index contributed by atoms with van der Waals surface area (Å²) in [6.07, 6.45) is 3.55. The fraction of sp³-hybridized carbons (Fsp3) is 1.00. The molecule has 0 aliphatic carbocycles. The first-order valence-corrected chi connectivity index (χ1v) is 5.01. The lowest BCUT2D eigenvalue weighted by molar-refractivity contribution is 0.0525. The molecule has 1 aliphatic heterocycles. The minimum absolute atomic E-state index is 0.382. The van der Waals surface area contributed by atoms with Crippen LogP contribution in [0, 0.1) is 0 Å². The van der Waals surface area contributed by atoms with Crippen LogP contribution in [0.15, 0.2) is 0 Å². The number of ether oxygens (including phenoxy) is 2. The molecule has 0 spiro atoms. The quantitative estimate of drug-likeness (QED) is 0.578. The monoisotopic (exact) mass is 162 g/mol.